The quantitative estimate of drug-likeness (QED) is 0.171. The molecule has 74 heavy (non-hydrogen) atoms. The summed E-state index contributed by atoms with van der Waals surface area (Å²) in [5.41, 5.74) is 27.2. The van der Waals surface area contributed by atoms with Crippen LogP contribution in [-0.2, 0) is 10.8 Å². The first-order chi connectivity index (χ1) is 35.9. The van der Waals surface area contributed by atoms with E-state index in [2.05, 4.69) is 281 Å². The minimum atomic E-state index is -0.256. The van der Waals surface area contributed by atoms with Crippen molar-refractivity contribution in [2.45, 2.75) is 78.2 Å². The number of rotatable bonds is 5. The van der Waals surface area contributed by atoms with Crippen LogP contribution in [0.25, 0.3) is 38.6 Å². The molecule has 4 heterocycles. The third kappa shape index (κ3) is 6.40. The predicted molar refractivity (Wildman–Crippen MR) is 312 cm³/mol. The van der Waals surface area contributed by atoms with E-state index in [0.717, 1.165) is 5.69 Å². The van der Waals surface area contributed by atoms with Gasteiger partial charge in [-0.3, -0.25) is 0 Å². The van der Waals surface area contributed by atoms with E-state index in [-0.39, 0.29) is 22.8 Å². The third-order valence-corrected chi connectivity index (χ3v) is 17.2. The van der Waals surface area contributed by atoms with Crippen molar-refractivity contribution in [3.8, 4) is 16.8 Å². The van der Waals surface area contributed by atoms with Crippen LogP contribution in [0.2, 0.25) is 0 Å². The molecule has 1 aliphatic carbocycles. The average molecular weight is 957 g/mol. The summed E-state index contributed by atoms with van der Waals surface area (Å²) in [4.78, 5) is 7.60. The van der Waals surface area contributed by atoms with Gasteiger partial charge in [-0.1, -0.05) is 154 Å². The van der Waals surface area contributed by atoms with Crippen LogP contribution < -0.4 is 14.7 Å². The Morgan fingerprint density at radius 2 is 0.878 bits per heavy atom. The molecule has 4 nitrogen and oxygen atoms in total. The number of nitrogens with zero attached hydrogens (tertiary/aromatic N) is 4. The van der Waals surface area contributed by atoms with Crippen LogP contribution in [-0.4, -0.2) is 10.6 Å². The van der Waals surface area contributed by atoms with E-state index in [9.17, 15) is 0 Å². The zero-order valence-corrected chi connectivity index (χ0v) is 43.6. The van der Waals surface area contributed by atoms with Gasteiger partial charge in [0.15, 0.2) is 0 Å². The Kier molecular flexibility index (Phi) is 9.64. The van der Waals surface area contributed by atoms with Crippen molar-refractivity contribution in [1.29, 1.82) is 0 Å². The molecule has 4 aliphatic rings. The lowest BCUT2D eigenvalue weighted by molar-refractivity contribution is 0.631. The van der Waals surface area contributed by atoms with E-state index in [0.29, 0.717) is 0 Å². The monoisotopic (exact) mass is 956 g/mol. The minimum absolute atomic E-state index is 0.224. The van der Waals surface area contributed by atoms with Gasteiger partial charge >= 0.3 is 0 Å². The highest BCUT2D eigenvalue weighted by molar-refractivity contribution is 6.11. The molecule has 0 amide bonds. The fraction of sp³-hybridized carbons (Fsp3) is 0.171. The Labute approximate surface area is 435 Å². The molecule has 1 aromatic heterocycles. The van der Waals surface area contributed by atoms with Gasteiger partial charge < -0.3 is 19.3 Å². The molecule has 0 bridgehead atoms. The largest absolute Gasteiger partial charge is 0.333 e. The molecule has 2 unspecified atom stereocenters. The lowest BCUT2D eigenvalue weighted by atomic mass is 9.71. The topological polar surface area (TPSA) is 14.7 Å². The fourth-order valence-electron chi connectivity index (χ4n) is 13.6. The van der Waals surface area contributed by atoms with Crippen LogP contribution in [0, 0.1) is 27.7 Å². The van der Waals surface area contributed by atoms with Gasteiger partial charge in [-0.05, 0) is 169 Å². The summed E-state index contributed by atoms with van der Waals surface area (Å²) in [6, 6.07) is 69.5. The van der Waals surface area contributed by atoms with Gasteiger partial charge in [-0.25, -0.2) is 0 Å². The predicted octanol–water partition coefficient (Wildman–Crippen LogP) is 18.6. The Bertz CT molecular complexity index is 4060. The third-order valence-electron chi connectivity index (χ3n) is 17.2. The second kappa shape index (κ2) is 16.1. The maximum Gasteiger partial charge on any atom is 0.0629 e. The van der Waals surface area contributed by atoms with Crippen molar-refractivity contribution >= 4 is 67.3 Å². The zero-order valence-electron chi connectivity index (χ0n) is 43.6. The highest BCUT2D eigenvalue weighted by atomic mass is 15.2. The number of hydrogen-bond donors (Lipinski definition) is 0. The van der Waals surface area contributed by atoms with E-state index < -0.39 is 0 Å². The molecule has 0 N–H and O–H groups in total. The SMILES string of the molecule is Cc1ccc(N2c3ccc(N4c5ccccc5C(C)(C)c5cc(-c6ccc7c(c6)C(C)(C)c6ccccc6N7c6ccc7c(c6)c6ccccc6n7-c6ccc(C)cc6C)ccc54)cc3C3C=CC=CC32)c(C)c1. The molecular formula is C70H60N4. The number of benzene rings is 9. The molecule has 9 aromatic carbocycles. The summed E-state index contributed by atoms with van der Waals surface area (Å²) in [5.74, 6) is 0.253. The summed E-state index contributed by atoms with van der Waals surface area (Å²) in [6.07, 6.45) is 9.22. The maximum absolute atomic E-state index is 2.56. The molecule has 4 heteroatoms. The molecule has 0 fully saturated rings. The molecule has 0 saturated heterocycles. The number of aryl methyl sites for hydroxylation is 4. The molecule has 3 aliphatic heterocycles. The summed E-state index contributed by atoms with van der Waals surface area (Å²) < 4.78 is 2.45. The van der Waals surface area contributed by atoms with Crippen molar-refractivity contribution in [1.82, 2.24) is 4.57 Å². The van der Waals surface area contributed by atoms with Crippen molar-refractivity contribution in [3.05, 3.63) is 256 Å². The maximum atomic E-state index is 2.56. The smallest absolute Gasteiger partial charge is 0.0629 e. The summed E-state index contributed by atoms with van der Waals surface area (Å²) >= 11 is 0. The van der Waals surface area contributed by atoms with Crippen LogP contribution in [0.4, 0.5) is 45.5 Å². The summed E-state index contributed by atoms with van der Waals surface area (Å²) in [6.45, 7) is 18.4. The molecule has 0 radical (unpaired) electrons. The second-order valence-corrected chi connectivity index (χ2v) is 22.5. The zero-order chi connectivity index (χ0) is 50.4. The number of aromatic nitrogens is 1. The van der Waals surface area contributed by atoms with Crippen molar-refractivity contribution < 1.29 is 0 Å². The molecule has 0 spiro atoms. The van der Waals surface area contributed by atoms with Crippen LogP contribution in [0.5, 0.6) is 0 Å². The fourth-order valence-corrected chi connectivity index (χ4v) is 13.6. The van der Waals surface area contributed by atoms with Gasteiger partial charge in [0, 0.05) is 56.0 Å². The van der Waals surface area contributed by atoms with Gasteiger partial charge in [0.2, 0.25) is 0 Å². The molecule has 0 saturated carbocycles. The first-order valence-corrected chi connectivity index (χ1v) is 26.4. The van der Waals surface area contributed by atoms with Crippen LogP contribution in [0.1, 0.15) is 83.7 Å². The van der Waals surface area contributed by atoms with E-state index in [1.807, 2.05) is 0 Å². The number of allylic oxidation sites excluding steroid dienone is 2. The van der Waals surface area contributed by atoms with Crippen molar-refractivity contribution in [3.63, 3.8) is 0 Å². The van der Waals surface area contributed by atoms with E-state index in [4.69, 9.17) is 0 Å². The van der Waals surface area contributed by atoms with Crippen LogP contribution in [0.15, 0.2) is 206 Å². The number of hydrogen-bond acceptors (Lipinski definition) is 3. The molecule has 2 atom stereocenters. The first kappa shape index (κ1) is 44.4. The van der Waals surface area contributed by atoms with E-state index in [1.165, 1.54) is 129 Å². The normalized spacial score (nSPS) is 17.5. The van der Waals surface area contributed by atoms with Crippen molar-refractivity contribution in [2.75, 3.05) is 14.7 Å². The van der Waals surface area contributed by atoms with Gasteiger partial charge in [0.25, 0.3) is 0 Å². The van der Waals surface area contributed by atoms with E-state index >= 15 is 0 Å². The van der Waals surface area contributed by atoms with Gasteiger partial charge in [-0.15, -0.1) is 0 Å². The Morgan fingerprint density at radius 3 is 1.51 bits per heavy atom. The Balaban J connectivity index is 0.887. The highest BCUT2D eigenvalue weighted by Gasteiger charge is 2.42. The Hall–Kier alpha value is -8.34. The minimum Gasteiger partial charge on any atom is -0.333 e. The Morgan fingerprint density at radius 1 is 0.378 bits per heavy atom. The standard InChI is InChI=1S/C70H60N4/c1-43-25-31-59(45(3)37-43)73-61-21-13-9-17-51(61)53-41-49(29-35-63(53)73)71-65-23-15-11-19-55(65)69(5,6)57-39-47(27-33-67(57)71)48-28-34-68-58(40-48)70(7,8)56-20-12-16-24-66(56)72(68)50-30-36-64-54(42-50)52-18-10-14-22-62(52)74(64)60-32-26-44(2)38-46(60)4/h9-42,51,61H,1-8H3. The molecule has 10 aromatic rings. The molecule has 14 rings (SSSR count). The second-order valence-electron chi connectivity index (χ2n) is 22.5. The summed E-state index contributed by atoms with van der Waals surface area (Å²) in [7, 11) is 0. The lowest BCUT2D eigenvalue weighted by Gasteiger charge is -2.43. The van der Waals surface area contributed by atoms with Gasteiger partial charge in [-0.2, -0.15) is 0 Å². The van der Waals surface area contributed by atoms with E-state index in [1.54, 1.807) is 0 Å². The van der Waals surface area contributed by atoms with Gasteiger partial charge in [0.05, 0.1) is 39.8 Å². The average Bonchev–Trinajstić information content (AvgIpc) is 3.92. The number of anilines is 8. The highest BCUT2D eigenvalue weighted by Crippen LogP contribution is 2.57. The molecule has 360 valence electrons. The number of fused-ring (bicyclic) bond motifs is 10. The van der Waals surface area contributed by atoms with Gasteiger partial charge in [0.1, 0.15) is 0 Å². The van der Waals surface area contributed by atoms with Crippen LogP contribution >= 0.6 is 0 Å². The van der Waals surface area contributed by atoms with Crippen molar-refractivity contribution in [2.24, 2.45) is 0 Å². The van der Waals surface area contributed by atoms with Crippen LogP contribution in [0.3, 0.4) is 0 Å². The molecular weight excluding hydrogens is 897 g/mol. The summed E-state index contributed by atoms with van der Waals surface area (Å²) in [5, 5.41) is 2.50. The lowest BCUT2D eigenvalue weighted by Crippen LogP contribution is -2.31. The first-order valence-electron chi connectivity index (χ1n) is 26.4. The number of para-hydroxylation sites is 3.